The number of hydrogen-bond acceptors (Lipinski definition) is 6. The van der Waals surface area contributed by atoms with Crippen LogP contribution in [0.2, 0.25) is 0 Å². The van der Waals surface area contributed by atoms with E-state index < -0.39 is 49.5 Å². The maximum atomic E-state index is 15.2. The number of rotatable bonds is 5. The summed E-state index contributed by atoms with van der Waals surface area (Å²) < 4.78 is 72.1. The zero-order valence-electron chi connectivity index (χ0n) is 17.1. The number of sulfonamides is 1. The number of nitrogens with zero attached hydrogens (tertiary/aromatic N) is 4. The van der Waals surface area contributed by atoms with Crippen LogP contribution in [0.15, 0.2) is 48.0 Å². The topological polar surface area (TPSA) is 118 Å². The molecule has 0 aliphatic carbocycles. The van der Waals surface area contributed by atoms with Crippen molar-refractivity contribution in [3.63, 3.8) is 0 Å². The fourth-order valence-corrected chi connectivity index (χ4v) is 4.41. The van der Waals surface area contributed by atoms with E-state index in [0.717, 1.165) is 24.4 Å². The number of aromatic nitrogens is 4. The number of amides is 1. The first-order valence-corrected chi connectivity index (χ1v) is 10.8. The number of pyridine rings is 1. The van der Waals surface area contributed by atoms with Gasteiger partial charge in [-0.05, 0) is 25.1 Å². The smallest absolute Gasteiger partial charge is 0.271 e. The lowest BCUT2D eigenvalue weighted by Crippen LogP contribution is -2.18. The van der Waals surface area contributed by atoms with E-state index in [9.17, 15) is 22.0 Å². The number of nitrogens with one attached hydrogen (secondary N) is 2. The normalized spacial score (nSPS) is 11.5. The maximum Gasteiger partial charge on any atom is 0.271 e. The molecule has 9 nitrogen and oxygen atoms in total. The van der Waals surface area contributed by atoms with Crippen molar-refractivity contribution in [1.82, 2.24) is 24.7 Å². The summed E-state index contributed by atoms with van der Waals surface area (Å²) in [5, 5.41) is 2.42. The molecular weight excluding hydrogens is 461 g/mol. The van der Waals surface area contributed by atoms with Crippen LogP contribution in [-0.4, -0.2) is 40.7 Å². The molecule has 4 aromatic rings. The minimum atomic E-state index is -4.44. The molecule has 0 saturated carbocycles. The van der Waals surface area contributed by atoms with E-state index in [1.165, 1.54) is 37.1 Å². The third-order valence-electron chi connectivity index (χ3n) is 4.75. The van der Waals surface area contributed by atoms with Crippen LogP contribution in [0.3, 0.4) is 0 Å². The molecule has 1 aromatic carbocycles. The van der Waals surface area contributed by atoms with Gasteiger partial charge in [-0.2, -0.15) is 0 Å². The average Bonchev–Trinajstić information content (AvgIpc) is 3.20. The second kappa shape index (κ2) is 8.16. The molecule has 2 N–H and O–H groups in total. The maximum absolute atomic E-state index is 15.2. The standard InChI is InChI=1S/C20H15F3N6O3S/c1-10-16(5-11(21)6-25-10)33(31,32)28-13-4-3-12(22)17(18(13)23)14-8-29-9-27-19(20(30)24-2)15(29)7-26-14/h3-9,28H,1-2H3,(H,24,30). The molecule has 4 rings (SSSR count). The minimum absolute atomic E-state index is 0.00853. The van der Waals surface area contributed by atoms with Crippen molar-refractivity contribution in [3.05, 3.63) is 72.0 Å². The fraction of sp³-hybridized carbons (Fsp3) is 0.100. The zero-order chi connectivity index (χ0) is 23.9. The SMILES string of the molecule is CNC(=O)c1ncn2cc(-c3c(F)ccc(NS(=O)(=O)c4cc(F)cnc4C)c3F)ncc12. The van der Waals surface area contributed by atoms with Crippen molar-refractivity contribution in [3.8, 4) is 11.3 Å². The molecule has 170 valence electrons. The first-order chi connectivity index (χ1) is 15.6. The molecule has 0 unspecified atom stereocenters. The van der Waals surface area contributed by atoms with Crippen molar-refractivity contribution >= 4 is 27.1 Å². The fourth-order valence-electron chi connectivity index (χ4n) is 3.15. The monoisotopic (exact) mass is 476 g/mol. The van der Waals surface area contributed by atoms with Crippen molar-refractivity contribution in [1.29, 1.82) is 0 Å². The molecule has 13 heteroatoms. The number of halogens is 3. The highest BCUT2D eigenvalue weighted by atomic mass is 32.2. The summed E-state index contributed by atoms with van der Waals surface area (Å²) in [5.41, 5.74) is -1.01. The predicted octanol–water partition coefficient (Wildman–Crippen LogP) is 2.68. The van der Waals surface area contributed by atoms with Gasteiger partial charge >= 0.3 is 0 Å². The van der Waals surface area contributed by atoms with Gasteiger partial charge in [0.1, 0.15) is 22.9 Å². The molecule has 0 spiro atoms. The number of imidazole rings is 1. The van der Waals surface area contributed by atoms with E-state index in [0.29, 0.717) is 5.52 Å². The molecule has 0 radical (unpaired) electrons. The Morgan fingerprint density at radius 3 is 2.58 bits per heavy atom. The van der Waals surface area contributed by atoms with Crippen molar-refractivity contribution in [2.24, 2.45) is 0 Å². The molecule has 0 saturated heterocycles. The molecule has 0 fully saturated rings. The first-order valence-electron chi connectivity index (χ1n) is 9.30. The number of carbonyl (C=O) groups is 1. The Hall–Kier alpha value is -4.00. The van der Waals surface area contributed by atoms with Gasteiger partial charge in [-0.3, -0.25) is 19.5 Å². The van der Waals surface area contributed by atoms with Crippen LogP contribution in [0.25, 0.3) is 16.8 Å². The van der Waals surface area contributed by atoms with Gasteiger partial charge in [0.25, 0.3) is 15.9 Å². The van der Waals surface area contributed by atoms with Gasteiger partial charge in [-0.15, -0.1) is 0 Å². The lowest BCUT2D eigenvalue weighted by atomic mass is 10.1. The zero-order valence-corrected chi connectivity index (χ0v) is 17.9. The summed E-state index contributed by atoms with van der Waals surface area (Å²) in [7, 11) is -3.01. The van der Waals surface area contributed by atoms with Crippen LogP contribution in [0.5, 0.6) is 0 Å². The van der Waals surface area contributed by atoms with E-state index in [-0.39, 0.29) is 17.1 Å². The van der Waals surface area contributed by atoms with E-state index in [1.54, 1.807) is 0 Å². The second-order valence-electron chi connectivity index (χ2n) is 6.86. The van der Waals surface area contributed by atoms with Gasteiger partial charge in [0.2, 0.25) is 0 Å². The Kier molecular flexibility index (Phi) is 5.49. The number of benzene rings is 1. The molecule has 3 heterocycles. The number of aryl methyl sites for hydroxylation is 1. The molecule has 1 amide bonds. The summed E-state index contributed by atoms with van der Waals surface area (Å²) >= 11 is 0. The number of carbonyl (C=O) groups excluding carboxylic acids is 1. The van der Waals surface area contributed by atoms with Gasteiger partial charge in [0.15, 0.2) is 11.5 Å². The highest BCUT2D eigenvalue weighted by Gasteiger charge is 2.24. The summed E-state index contributed by atoms with van der Waals surface area (Å²) in [4.78, 5) is 23.0. The van der Waals surface area contributed by atoms with Crippen molar-refractivity contribution in [2.45, 2.75) is 11.8 Å². The van der Waals surface area contributed by atoms with E-state index in [4.69, 9.17) is 0 Å². The molecule has 0 aliphatic heterocycles. The second-order valence-corrected chi connectivity index (χ2v) is 8.51. The van der Waals surface area contributed by atoms with Gasteiger partial charge in [0.05, 0.1) is 40.5 Å². The molecule has 33 heavy (non-hydrogen) atoms. The Balaban J connectivity index is 1.78. The average molecular weight is 476 g/mol. The largest absolute Gasteiger partial charge is 0.354 e. The molecular formula is C20H15F3N6O3S. The molecule has 3 aromatic heterocycles. The summed E-state index contributed by atoms with van der Waals surface area (Å²) in [6.07, 6.45) is 4.57. The predicted molar refractivity (Wildman–Crippen MR) is 111 cm³/mol. The van der Waals surface area contributed by atoms with Crippen LogP contribution in [0, 0.1) is 24.4 Å². The Morgan fingerprint density at radius 1 is 1.09 bits per heavy atom. The Bertz CT molecular complexity index is 1520. The minimum Gasteiger partial charge on any atom is -0.354 e. The van der Waals surface area contributed by atoms with E-state index >= 15 is 4.39 Å². The number of fused-ring (bicyclic) bond motifs is 1. The first kappa shape index (κ1) is 22.2. The van der Waals surface area contributed by atoms with Gasteiger partial charge in [0, 0.05) is 13.2 Å². The summed E-state index contributed by atoms with van der Waals surface area (Å²) in [5.74, 6) is -3.60. The lowest BCUT2D eigenvalue weighted by molar-refractivity contribution is 0.0960. The Morgan fingerprint density at radius 2 is 1.85 bits per heavy atom. The highest BCUT2D eigenvalue weighted by molar-refractivity contribution is 7.92. The van der Waals surface area contributed by atoms with Crippen LogP contribution in [0.4, 0.5) is 18.9 Å². The lowest BCUT2D eigenvalue weighted by Gasteiger charge is -2.13. The van der Waals surface area contributed by atoms with E-state index in [1.807, 2.05) is 4.72 Å². The third-order valence-corrected chi connectivity index (χ3v) is 6.23. The quantitative estimate of drug-likeness (QED) is 0.457. The van der Waals surface area contributed by atoms with Crippen LogP contribution < -0.4 is 10.0 Å². The Labute approximate surface area is 185 Å². The van der Waals surface area contributed by atoms with Crippen LogP contribution in [-0.2, 0) is 10.0 Å². The van der Waals surface area contributed by atoms with Crippen LogP contribution in [0.1, 0.15) is 16.2 Å². The third kappa shape index (κ3) is 3.98. The van der Waals surface area contributed by atoms with Crippen molar-refractivity contribution in [2.75, 3.05) is 11.8 Å². The molecule has 0 aliphatic rings. The molecule has 0 bridgehead atoms. The van der Waals surface area contributed by atoms with Gasteiger partial charge in [-0.25, -0.2) is 26.6 Å². The number of anilines is 1. The summed E-state index contributed by atoms with van der Waals surface area (Å²) in [6, 6.07) is 2.50. The van der Waals surface area contributed by atoms with E-state index in [2.05, 4.69) is 20.3 Å². The summed E-state index contributed by atoms with van der Waals surface area (Å²) in [6.45, 7) is 1.35. The van der Waals surface area contributed by atoms with Gasteiger partial charge < -0.3 is 9.72 Å². The number of hydrogen-bond donors (Lipinski definition) is 2. The van der Waals surface area contributed by atoms with Gasteiger partial charge in [-0.1, -0.05) is 0 Å². The highest BCUT2D eigenvalue weighted by Crippen LogP contribution is 2.31. The van der Waals surface area contributed by atoms with Crippen molar-refractivity contribution < 1.29 is 26.4 Å². The molecule has 0 atom stereocenters. The van der Waals surface area contributed by atoms with Crippen LogP contribution >= 0.6 is 0 Å².